The second kappa shape index (κ2) is 5.27. The Morgan fingerprint density at radius 1 is 1.50 bits per heavy atom. The molecule has 1 N–H and O–H groups in total. The van der Waals surface area contributed by atoms with Crippen molar-refractivity contribution in [2.24, 2.45) is 0 Å². The number of rotatable bonds is 5. The topological polar surface area (TPSA) is 71.6 Å². The highest BCUT2D eigenvalue weighted by molar-refractivity contribution is 5.28. The van der Waals surface area contributed by atoms with Crippen LogP contribution in [-0.4, -0.2) is 48.2 Å². The summed E-state index contributed by atoms with van der Waals surface area (Å²) in [5.74, 6) is 1.10. The normalized spacial score (nSPS) is 18.0. The van der Waals surface area contributed by atoms with Gasteiger partial charge >= 0.3 is 0 Å². The molecule has 2 heterocycles. The van der Waals surface area contributed by atoms with Crippen molar-refractivity contribution < 1.29 is 14.4 Å². The Balaban J connectivity index is 1.91. The van der Waals surface area contributed by atoms with Gasteiger partial charge in [-0.2, -0.15) is 4.98 Å². The molecule has 6 heteroatoms. The minimum absolute atomic E-state index is 0.279. The Morgan fingerprint density at radius 3 is 2.94 bits per heavy atom. The number of ether oxygens (including phenoxy) is 1. The third-order valence-corrected chi connectivity index (χ3v) is 2.62. The number of aliphatic hydroxyl groups is 1. The molecular weight excluding hydrogens is 210 g/mol. The van der Waals surface area contributed by atoms with Gasteiger partial charge in [0.25, 0.3) is 5.95 Å². The fraction of sp³-hybridized carbons (Fsp3) is 0.800. The van der Waals surface area contributed by atoms with Crippen molar-refractivity contribution >= 4 is 5.95 Å². The largest absolute Gasteiger partial charge is 0.390 e. The van der Waals surface area contributed by atoms with Crippen LogP contribution in [0.2, 0.25) is 0 Å². The molecule has 1 atom stereocenters. The van der Waals surface area contributed by atoms with E-state index in [0.717, 1.165) is 13.1 Å². The molecule has 1 unspecified atom stereocenters. The minimum atomic E-state index is -0.586. The highest BCUT2D eigenvalue weighted by Crippen LogP contribution is 2.16. The molecule has 1 aromatic heterocycles. The zero-order valence-electron chi connectivity index (χ0n) is 9.43. The van der Waals surface area contributed by atoms with E-state index in [1.165, 1.54) is 12.8 Å². The molecule has 0 bridgehead atoms. The summed E-state index contributed by atoms with van der Waals surface area (Å²) < 4.78 is 9.91. The molecule has 0 aliphatic carbocycles. The number of hydrogen-bond donors (Lipinski definition) is 1. The van der Waals surface area contributed by atoms with Gasteiger partial charge in [-0.15, -0.1) is 0 Å². The van der Waals surface area contributed by atoms with Gasteiger partial charge in [0.15, 0.2) is 0 Å². The van der Waals surface area contributed by atoms with Crippen molar-refractivity contribution in [1.82, 2.24) is 10.1 Å². The zero-order valence-corrected chi connectivity index (χ0v) is 9.43. The van der Waals surface area contributed by atoms with Crippen LogP contribution in [-0.2, 0) is 11.2 Å². The Bertz CT molecular complexity index is 323. The molecule has 16 heavy (non-hydrogen) atoms. The van der Waals surface area contributed by atoms with Crippen LogP contribution in [0, 0.1) is 0 Å². The fourth-order valence-corrected chi connectivity index (χ4v) is 1.83. The quantitative estimate of drug-likeness (QED) is 0.775. The van der Waals surface area contributed by atoms with E-state index in [1.807, 2.05) is 0 Å². The summed E-state index contributed by atoms with van der Waals surface area (Å²) in [5.41, 5.74) is 0. The number of methoxy groups -OCH3 is 1. The molecule has 1 aliphatic heterocycles. The van der Waals surface area contributed by atoms with Crippen molar-refractivity contribution in [3.8, 4) is 0 Å². The standard InChI is InChI=1S/C10H17N3O3/c1-15-7-8(14)6-9-11-10(12-16-9)13-4-2-3-5-13/h8,14H,2-7H2,1H3. The van der Waals surface area contributed by atoms with Crippen LogP contribution >= 0.6 is 0 Å². The van der Waals surface area contributed by atoms with Crippen molar-refractivity contribution in [1.29, 1.82) is 0 Å². The van der Waals surface area contributed by atoms with Crippen molar-refractivity contribution in [3.63, 3.8) is 0 Å². The molecular formula is C10H17N3O3. The van der Waals surface area contributed by atoms with Gasteiger partial charge in [-0.25, -0.2) is 0 Å². The van der Waals surface area contributed by atoms with Gasteiger partial charge in [0.2, 0.25) is 5.89 Å². The molecule has 2 rings (SSSR count). The molecule has 1 aliphatic rings. The summed E-state index contributed by atoms with van der Waals surface area (Å²) in [4.78, 5) is 6.34. The average Bonchev–Trinajstić information content (AvgIpc) is 2.86. The second-order valence-electron chi connectivity index (χ2n) is 4.00. The molecule has 0 saturated carbocycles. The van der Waals surface area contributed by atoms with Crippen LogP contribution in [0.5, 0.6) is 0 Å². The summed E-state index contributed by atoms with van der Waals surface area (Å²) in [6, 6.07) is 0. The summed E-state index contributed by atoms with van der Waals surface area (Å²) in [6.45, 7) is 2.25. The lowest BCUT2D eigenvalue weighted by Crippen LogP contribution is -2.19. The summed E-state index contributed by atoms with van der Waals surface area (Å²) in [5, 5.41) is 13.4. The lowest BCUT2D eigenvalue weighted by atomic mass is 10.3. The molecule has 90 valence electrons. The van der Waals surface area contributed by atoms with E-state index in [4.69, 9.17) is 9.26 Å². The third kappa shape index (κ3) is 2.70. The number of hydrogen-bond acceptors (Lipinski definition) is 6. The van der Waals surface area contributed by atoms with Crippen molar-refractivity contribution in [3.05, 3.63) is 5.89 Å². The second-order valence-corrected chi connectivity index (χ2v) is 4.00. The molecule has 6 nitrogen and oxygen atoms in total. The van der Waals surface area contributed by atoms with Gasteiger partial charge in [0, 0.05) is 20.2 Å². The SMILES string of the molecule is COCC(O)Cc1nc(N2CCCC2)no1. The molecule has 0 radical (unpaired) electrons. The lowest BCUT2D eigenvalue weighted by molar-refractivity contribution is 0.0599. The van der Waals surface area contributed by atoms with Gasteiger partial charge in [0.1, 0.15) is 0 Å². The van der Waals surface area contributed by atoms with E-state index in [1.54, 1.807) is 7.11 Å². The van der Waals surface area contributed by atoms with Gasteiger partial charge in [0.05, 0.1) is 19.1 Å². The van der Waals surface area contributed by atoms with Gasteiger partial charge in [-0.1, -0.05) is 0 Å². The summed E-state index contributed by atoms with van der Waals surface area (Å²) in [7, 11) is 1.55. The molecule has 1 fully saturated rings. The average molecular weight is 227 g/mol. The highest BCUT2D eigenvalue weighted by Gasteiger charge is 2.19. The van der Waals surface area contributed by atoms with Gasteiger partial charge in [-0.05, 0) is 18.0 Å². The van der Waals surface area contributed by atoms with Crippen molar-refractivity contribution in [2.45, 2.75) is 25.4 Å². The number of anilines is 1. The van der Waals surface area contributed by atoms with E-state index in [-0.39, 0.29) is 6.61 Å². The van der Waals surface area contributed by atoms with Crippen LogP contribution < -0.4 is 4.90 Å². The van der Waals surface area contributed by atoms with E-state index in [0.29, 0.717) is 18.3 Å². The van der Waals surface area contributed by atoms with E-state index >= 15 is 0 Å². The highest BCUT2D eigenvalue weighted by atomic mass is 16.5. The first-order chi connectivity index (χ1) is 7.79. The summed E-state index contributed by atoms with van der Waals surface area (Å²) >= 11 is 0. The number of aliphatic hydroxyl groups excluding tert-OH is 1. The van der Waals surface area contributed by atoms with E-state index in [9.17, 15) is 5.11 Å². The Labute approximate surface area is 94.2 Å². The Hall–Kier alpha value is -1.14. The van der Waals surface area contributed by atoms with Crippen LogP contribution in [0.15, 0.2) is 4.52 Å². The zero-order chi connectivity index (χ0) is 11.4. The van der Waals surface area contributed by atoms with Crippen LogP contribution in [0.1, 0.15) is 18.7 Å². The Morgan fingerprint density at radius 2 is 2.25 bits per heavy atom. The molecule has 0 amide bonds. The molecule has 1 aromatic rings. The predicted octanol–water partition coefficient (Wildman–Crippen LogP) is 0.220. The fourth-order valence-electron chi connectivity index (χ4n) is 1.83. The molecule has 0 spiro atoms. The monoisotopic (exact) mass is 227 g/mol. The van der Waals surface area contributed by atoms with Crippen LogP contribution in [0.3, 0.4) is 0 Å². The maximum absolute atomic E-state index is 9.51. The lowest BCUT2D eigenvalue weighted by Gasteiger charge is -2.09. The molecule has 1 saturated heterocycles. The van der Waals surface area contributed by atoms with Gasteiger partial charge in [-0.3, -0.25) is 0 Å². The van der Waals surface area contributed by atoms with E-state index in [2.05, 4.69) is 15.0 Å². The maximum Gasteiger partial charge on any atom is 0.266 e. The molecule has 0 aromatic carbocycles. The maximum atomic E-state index is 9.51. The number of nitrogens with zero attached hydrogens (tertiary/aromatic N) is 3. The van der Waals surface area contributed by atoms with E-state index < -0.39 is 6.10 Å². The van der Waals surface area contributed by atoms with Crippen LogP contribution in [0.4, 0.5) is 5.95 Å². The predicted molar refractivity (Wildman–Crippen MR) is 57.3 cm³/mol. The van der Waals surface area contributed by atoms with Crippen molar-refractivity contribution in [2.75, 3.05) is 31.7 Å². The Kier molecular flexibility index (Phi) is 3.74. The smallest absolute Gasteiger partial charge is 0.266 e. The first-order valence-electron chi connectivity index (χ1n) is 5.54. The van der Waals surface area contributed by atoms with Crippen LogP contribution in [0.25, 0.3) is 0 Å². The minimum Gasteiger partial charge on any atom is -0.390 e. The first kappa shape index (κ1) is 11.3. The first-order valence-corrected chi connectivity index (χ1v) is 5.54. The third-order valence-electron chi connectivity index (χ3n) is 2.62. The van der Waals surface area contributed by atoms with Gasteiger partial charge < -0.3 is 19.3 Å². The number of aromatic nitrogens is 2. The summed E-state index contributed by atoms with van der Waals surface area (Å²) in [6.07, 6.45) is 2.11.